The molecule has 1 aromatic carbocycles. The lowest BCUT2D eigenvalue weighted by molar-refractivity contribution is -0.131. The second-order valence-corrected chi connectivity index (χ2v) is 6.39. The Bertz CT molecular complexity index is 563. The van der Waals surface area contributed by atoms with Crippen LogP contribution < -0.4 is 5.32 Å². The van der Waals surface area contributed by atoms with E-state index in [0.717, 1.165) is 41.6 Å². The summed E-state index contributed by atoms with van der Waals surface area (Å²) in [7, 11) is 0. The van der Waals surface area contributed by atoms with Crippen molar-refractivity contribution in [3.05, 3.63) is 41.0 Å². The zero-order chi connectivity index (χ0) is 15.2. The molecule has 0 bridgehead atoms. The Balaban J connectivity index is 2.10. The van der Waals surface area contributed by atoms with Crippen molar-refractivity contribution < 1.29 is 14.7 Å². The van der Waals surface area contributed by atoms with Crippen LogP contribution in [0.15, 0.2) is 24.3 Å². The van der Waals surface area contributed by atoms with Crippen LogP contribution in [-0.2, 0) is 4.79 Å². The summed E-state index contributed by atoms with van der Waals surface area (Å²) in [5.74, 6) is 1.10. The van der Waals surface area contributed by atoms with Crippen molar-refractivity contribution in [2.45, 2.75) is 25.8 Å². The lowest BCUT2D eigenvalue weighted by atomic mass is 10.0. The summed E-state index contributed by atoms with van der Waals surface area (Å²) in [4.78, 5) is 22.9. The van der Waals surface area contributed by atoms with Gasteiger partial charge in [0.05, 0.1) is 0 Å². The Morgan fingerprint density at radius 3 is 2.67 bits per heavy atom. The zero-order valence-electron chi connectivity index (χ0n) is 12.0. The van der Waals surface area contributed by atoms with Gasteiger partial charge in [-0.05, 0) is 60.6 Å². The summed E-state index contributed by atoms with van der Waals surface area (Å²) in [6.45, 7) is 1.89. The van der Waals surface area contributed by atoms with Crippen LogP contribution >= 0.6 is 11.8 Å². The number of nitrogens with one attached hydrogen (secondary N) is 1. The Morgan fingerprint density at radius 2 is 2.00 bits per heavy atom. The number of amides is 1. The van der Waals surface area contributed by atoms with Gasteiger partial charge in [0.1, 0.15) is 0 Å². The zero-order valence-corrected chi connectivity index (χ0v) is 12.8. The number of hydrogen-bond acceptors (Lipinski definition) is 3. The number of carboxylic acids is 1. The molecule has 1 aliphatic rings. The third kappa shape index (κ3) is 4.93. The van der Waals surface area contributed by atoms with E-state index >= 15 is 0 Å². The van der Waals surface area contributed by atoms with Crippen molar-refractivity contribution in [3.8, 4) is 0 Å². The molecular formula is C16H19NO3S. The largest absolute Gasteiger partial charge is 0.478 e. The first-order chi connectivity index (χ1) is 10.0. The second kappa shape index (κ2) is 7.31. The highest BCUT2D eigenvalue weighted by atomic mass is 32.2. The molecule has 0 unspecified atom stereocenters. The van der Waals surface area contributed by atoms with Crippen molar-refractivity contribution in [1.82, 2.24) is 5.32 Å². The Hall–Kier alpha value is -1.75. The average Bonchev–Trinajstić information content (AvgIpc) is 2.45. The van der Waals surface area contributed by atoms with Crippen LogP contribution in [0.4, 0.5) is 0 Å². The predicted octanol–water partition coefficient (Wildman–Crippen LogP) is 2.72. The van der Waals surface area contributed by atoms with E-state index in [0.29, 0.717) is 5.56 Å². The van der Waals surface area contributed by atoms with E-state index in [4.69, 9.17) is 5.11 Å². The van der Waals surface area contributed by atoms with Crippen molar-refractivity contribution in [3.63, 3.8) is 0 Å². The highest BCUT2D eigenvalue weighted by Crippen LogP contribution is 2.18. The van der Waals surface area contributed by atoms with Gasteiger partial charge in [-0.3, -0.25) is 4.79 Å². The summed E-state index contributed by atoms with van der Waals surface area (Å²) in [5, 5.41) is 11.7. The SMILES string of the molecule is Cc1cc(/C=C/C(=O)O)cc(C(=O)NC2CCSCC2)c1. The number of carbonyl (C=O) groups excluding carboxylic acids is 1. The number of thioether (sulfide) groups is 1. The summed E-state index contributed by atoms with van der Waals surface area (Å²) >= 11 is 1.92. The normalized spacial score (nSPS) is 16.0. The first-order valence-corrected chi connectivity index (χ1v) is 8.11. The lowest BCUT2D eigenvalue weighted by Gasteiger charge is -2.22. The van der Waals surface area contributed by atoms with E-state index in [-0.39, 0.29) is 11.9 Å². The minimum Gasteiger partial charge on any atom is -0.478 e. The maximum Gasteiger partial charge on any atom is 0.328 e. The molecule has 1 heterocycles. The van der Waals surface area contributed by atoms with Crippen molar-refractivity contribution in [1.29, 1.82) is 0 Å². The number of carbonyl (C=O) groups is 2. The number of aliphatic carboxylic acids is 1. The summed E-state index contributed by atoms with van der Waals surface area (Å²) in [6.07, 6.45) is 4.60. The van der Waals surface area contributed by atoms with Crippen LogP contribution in [0.2, 0.25) is 0 Å². The van der Waals surface area contributed by atoms with Crippen LogP contribution in [0.25, 0.3) is 6.08 Å². The van der Waals surface area contributed by atoms with Crippen LogP contribution in [0.1, 0.15) is 34.3 Å². The van der Waals surface area contributed by atoms with Gasteiger partial charge in [-0.25, -0.2) is 4.79 Å². The molecule has 1 amide bonds. The molecule has 0 saturated carbocycles. The quantitative estimate of drug-likeness (QED) is 0.839. The fraction of sp³-hybridized carbons (Fsp3) is 0.375. The Kier molecular flexibility index (Phi) is 5.44. The molecule has 21 heavy (non-hydrogen) atoms. The number of aryl methyl sites for hydroxylation is 1. The molecule has 0 spiro atoms. The summed E-state index contributed by atoms with van der Waals surface area (Å²) < 4.78 is 0. The molecule has 0 aromatic heterocycles. The molecule has 0 atom stereocenters. The van der Waals surface area contributed by atoms with Crippen LogP contribution in [-0.4, -0.2) is 34.5 Å². The third-order valence-electron chi connectivity index (χ3n) is 3.34. The van der Waals surface area contributed by atoms with E-state index in [1.165, 1.54) is 6.08 Å². The minimum absolute atomic E-state index is 0.0828. The molecular weight excluding hydrogens is 286 g/mol. The van der Waals surface area contributed by atoms with Gasteiger partial charge in [0.15, 0.2) is 0 Å². The van der Waals surface area contributed by atoms with E-state index in [2.05, 4.69) is 5.32 Å². The third-order valence-corrected chi connectivity index (χ3v) is 4.39. The monoisotopic (exact) mass is 305 g/mol. The number of carboxylic acid groups (broad SMARTS) is 1. The molecule has 112 valence electrons. The standard InChI is InChI=1S/C16H19NO3S/c1-11-8-12(2-3-15(18)19)10-13(9-11)16(20)17-14-4-6-21-7-5-14/h2-3,8-10,14H,4-7H2,1H3,(H,17,20)(H,18,19)/b3-2+. The molecule has 2 rings (SSSR count). The fourth-order valence-corrected chi connectivity index (χ4v) is 3.42. The van der Waals surface area contributed by atoms with Gasteiger partial charge in [-0.15, -0.1) is 0 Å². The fourth-order valence-electron chi connectivity index (χ4n) is 2.32. The Morgan fingerprint density at radius 1 is 1.29 bits per heavy atom. The van der Waals surface area contributed by atoms with Gasteiger partial charge in [0, 0.05) is 17.7 Å². The first-order valence-electron chi connectivity index (χ1n) is 6.96. The van der Waals surface area contributed by atoms with Crippen molar-refractivity contribution in [2.24, 2.45) is 0 Å². The molecule has 1 fully saturated rings. The highest BCUT2D eigenvalue weighted by molar-refractivity contribution is 7.99. The summed E-state index contributed by atoms with van der Waals surface area (Å²) in [6, 6.07) is 5.65. The average molecular weight is 305 g/mol. The number of rotatable bonds is 4. The van der Waals surface area contributed by atoms with Crippen LogP contribution in [0.3, 0.4) is 0 Å². The van der Waals surface area contributed by atoms with Gasteiger partial charge < -0.3 is 10.4 Å². The molecule has 1 aliphatic heterocycles. The Labute approximate surface area is 128 Å². The van der Waals surface area contributed by atoms with Gasteiger partial charge in [-0.1, -0.05) is 6.07 Å². The highest BCUT2D eigenvalue weighted by Gasteiger charge is 2.17. The summed E-state index contributed by atoms with van der Waals surface area (Å²) in [5.41, 5.74) is 2.24. The van der Waals surface area contributed by atoms with Gasteiger partial charge >= 0.3 is 5.97 Å². The lowest BCUT2D eigenvalue weighted by Crippen LogP contribution is -2.37. The molecule has 0 aliphatic carbocycles. The molecule has 4 nitrogen and oxygen atoms in total. The predicted molar refractivity (Wildman–Crippen MR) is 85.7 cm³/mol. The smallest absolute Gasteiger partial charge is 0.328 e. The number of benzene rings is 1. The topological polar surface area (TPSA) is 66.4 Å². The van der Waals surface area contributed by atoms with Crippen molar-refractivity contribution >= 4 is 29.7 Å². The van der Waals surface area contributed by atoms with Gasteiger partial charge in [-0.2, -0.15) is 11.8 Å². The van der Waals surface area contributed by atoms with Crippen LogP contribution in [0.5, 0.6) is 0 Å². The van der Waals surface area contributed by atoms with E-state index in [1.54, 1.807) is 6.07 Å². The van der Waals surface area contributed by atoms with Gasteiger partial charge in [0.25, 0.3) is 5.91 Å². The second-order valence-electron chi connectivity index (χ2n) is 5.16. The van der Waals surface area contributed by atoms with E-state index < -0.39 is 5.97 Å². The molecule has 1 saturated heterocycles. The first kappa shape index (κ1) is 15.6. The number of hydrogen-bond donors (Lipinski definition) is 2. The molecule has 5 heteroatoms. The maximum absolute atomic E-state index is 12.3. The minimum atomic E-state index is -0.998. The maximum atomic E-state index is 12.3. The molecule has 0 radical (unpaired) electrons. The van der Waals surface area contributed by atoms with Gasteiger partial charge in [0.2, 0.25) is 0 Å². The van der Waals surface area contributed by atoms with Crippen molar-refractivity contribution in [2.75, 3.05) is 11.5 Å². The molecule has 2 N–H and O–H groups in total. The van der Waals surface area contributed by atoms with E-state index in [9.17, 15) is 9.59 Å². The van der Waals surface area contributed by atoms with E-state index in [1.807, 2.05) is 30.8 Å². The molecule has 1 aromatic rings. The van der Waals surface area contributed by atoms with Crippen LogP contribution in [0, 0.1) is 6.92 Å².